The lowest BCUT2D eigenvalue weighted by atomic mass is 10.2. The Morgan fingerprint density at radius 3 is 2.59 bits per heavy atom. The quantitative estimate of drug-likeness (QED) is 0.203. The Kier molecular flexibility index (Phi) is 9.47. The summed E-state index contributed by atoms with van der Waals surface area (Å²) in [4.78, 5) is 43.1. The highest BCUT2D eigenvalue weighted by atomic mass is 31.3. The maximum atomic E-state index is 12.1. The van der Waals surface area contributed by atoms with Crippen molar-refractivity contribution in [3.05, 3.63) is 30.7 Å². The van der Waals surface area contributed by atoms with Crippen LogP contribution < -0.4 is 20.4 Å². The van der Waals surface area contributed by atoms with Crippen LogP contribution in [0.15, 0.2) is 25.2 Å². The topological polar surface area (TPSA) is 232 Å². The van der Waals surface area contributed by atoms with Gasteiger partial charge in [0.2, 0.25) is 0 Å². The minimum Gasteiger partial charge on any atom is -0.756 e. The van der Waals surface area contributed by atoms with Crippen molar-refractivity contribution in [2.75, 3.05) is 26.1 Å². The molecule has 19 heteroatoms. The van der Waals surface area contributed by atoms with Crippen molar-refractivity contribution < 1.29 is 55.5 Å². The number of phosphoric acid groups is 3. The Labute approximate surface area is 211 Å². The van der Waals surface area contributed by atoms with Crippen molar-refractivity contribution in [1.82, 2.24) is 14.5 Å². The predicted molar refractivity (Wildman–Crippen MR) is 121 cm³/mol. The molecule has 1 saturated heterocycles. The van der Waals surface area contributed by atoms with Crippen LogP contribution in [0.1, 0.15) is 25.1 Å². The van der Waals surface area contributed by atoms with Gasteiger partial charge in [0.25, 0.3) is 23.5 Å². The first-order chi connectivity index (χ1) is 17.3. The second kappa shape index (κ2) is 11.8. The number of hydrogen-bond acceptors (Lipinski definition) is 15. The first-order valence-corrected chi connectivity index (χ1v) is 14.7. The molecule has 0 saturated carbocycles. The van der Waals surface area contributed by atoms with E-state index in [9.17, 15) is 28.4 Å². The predicted octanol–water partition coefficient (Wildman–Crippen LogP) is 0.345. The Bertz CT molecular complexity index is 1350. The van der Waals surface area contributed by atoms with Gasteiger partial charge in [-0.05, 0) is 6.92 Å². The Morgan fingerprint density at radius 2 is 1.95 bits per heavy atom. The van der Waals surface area contributed by atoms with Gasteiger partial charge < -0.3 is 43.5 Å². The summed E-state index contributed by atoms with van der Waals surface area (Å²) in [6, 6.07) is 0. The molecule has 0 spiro atoms. The van der Waals surface area contributed by atoms with Crippen LogP contribution in [0.25, 0.3) is 11.0 Å². The lowest BCUT2D eigenvalue weighted by Crippen LogP contribution is -2.30. The number of nitrogens with two attached hydrogens (primary N) is 1. The van der Waals surface area contributed by atoms with Gasteiger partial charge in [0.15, 0.2) is 0 Å². The van der Waals surface area contributed by atoms with Gasteiger partial charge in [-0.1, -0.05) is 12.0 Å². The number of ether oxygens (including phenoxy) is 2. The van der Waals surface area contributed by atoms with Crippen LogP contribution in [0.3, 0.4) is 0 Å². The molecule has 4 unspecified atom stereocenters. The third kappa shape index (κ3) is 7.55. The van der Waals surface area contributed by atoms with E-state index in [2.05, 4.69) is 46.1 Å². The summed E-state index contributed by atoms with van der Waals surface area (Å²) in [7, 11) is -16.3. The van der Waals surface area contributed by atoms with Gasteiger partial charge in [0.05, 0.1) is 30.3 Å². The Balaban J connectivity index is 1.79. The van der Waals surface area contributed by atoms with Crippen molar-refractivity contribution in [2.24, 2.45) is 0 Å². The molecule has 0 amide bonds. The second-order valence-electron chi connectivity index (χ2n) is 7.29. The molecule has 2 aromatic heterocycles. The van der Waals surface area contributed by atoms with Crippen molar-refractivity contribution >= 4 is 40.3 Å². The van der Waals surface area contributed by atoms with Crippen molar-refractivity contribution in [3.8, 4) is 11.8 Å². The van der Waals surface area contributed by atoms with Gasteiger partial charge in [-0.15, -0.1) is 12.5 Å². The fourth-order valence-electron chi connectivity index (χ4n) is 3.43. The van der Waals surface area contributed by atoms with Crippen LogP contribution in [0.5, 0.6) is 0 Å². The molecule has 0 aliphatic carbocycles. The monoisotopic (exact) mass is 579 g/mol. The van der Waals surface area contributed by atoms with E-state index in [0.717, 1.165) is 0 Å². The number of nitrogen functional groups attached to an aromatic ring is 1. The van der Waals surface area contributed by atoms with Gasteiger partial charge in [0, 0.05) is 19.7 Å². The van der Waals surface area contributed by atoms with Crippen LogP contribution in [0.2, 0.25) is 0 Å². The van der Waals surface area contributed by atoms with E-state index in [4.69, 9.17) is 15.2 Å². The molecular formula is C18H22N4O12P3-3. The van der Waals surface area contributed by atoms with Gasteiger partial charge >= 0.3 is 0 Å². The van der Waals surface area contributed by atoms with Gasteiger partial charge in [-0.25, -0.2) is 18.6 Å². The second-order valence-corrected chi connectivity index (χ2v) is 11.9. The number of phosphoric ester groups is 2. The zero-order valence-electron chi connectivity index (χ0n) is 19.5. The minimum absolute atomic E-state index is 0.0797. The van der Waals surface area contributed by atoms with E-state index >= 15 is 0 Å². The van der Waals surface area contributed by atoms with Gasteiger partial charge in [-0.3, -0.25) is 13.7 Å². The summed E-state index contributed by atoms with van der Waals surface area (Å²) in [5.41, 5.74) is 6.94. The van der Waals surface area contributed by atoms with Crippen LogP contribution >= 0.6 is 23.5 Å². The van der Waals surface area contributed by atoms with Gasteiger partial charge in [0.1, 0.15) is 30.1 Å². The summed E-state index contributed by atoms with van der Waals surface area (Å²) in [6.45, 7) is 4.53. The summed E-state index contributed by atoms with van der Waals surface area (Å²) in [6.07, 6.45) is 2.01. The third-order valence-electron chi connectivity index (χ3n) is 4.84. The number of nitrogens with zero attached hydrogens (tertiary/aromatic N) is 3. The van der Waals surface area contributed by atoms with Crippen molar-refractivity contribution in [2.45, 2.75) is 31.8 Å². The van der Waals surface area contributed by atoms with E-state index in [1.807, 2.05) is 0 Å². The maximum absolute atomic E-state index is 12.1. The smallest absolute Gasteiger partial charge is 0.280 e. The maximum Gasteiger partial charge on any atom is 0.280 e. The SMILES string of the molecule is C=CCOC1C[C@H](n2cc(C#CC)c3c(N)ncnc32)O[C@@H]1COP(=O)([O-])OP(=O)([O-])OP(=O)([O-])OC. The highest BCUT2D eigenvalue weighted by Crippen LogP contribution is 2.62. The number of fused-ring (bicyclic) bond motifs is 1. The molecule has 16 nitrogen and oxygen atoms in total. The summed E-state index contributed by atoms with van der Waals surface area (Å²) in [5.74, 6) is 5.88. The number of aromatic nitrogens is 3. The molecule has 0 bridgehead atoms. The van der Waals surface area contributed by atoms with Crippen LogP contribution in [-0.2, 0) is 40.8 Å². The minimum atomic E-state index is -5.92. The molecule has 1 aliphatic heterocycles. The largest absolute Gasteiger partial charge is 0.756 e. The van der Waals surface area contributed by atoms with E-state index < -0.39 is 48.5 Å². The van der Waals surface area contributed by atoms with E-state index in [0.29, 0.717) is 23.7 Å². The van der Waals surface area contributed by atoms with Gasteiger partial charge in [-0.2, -0.15) is 0 Å². The molecule has 3 rings (SSSR count). The van der Waals surface area contributed by atoms with Crippen molar-refractivity contribution in [1.29, 1.82) is 0 Å². The normalized spacial score (nSPS) is 24.5. The first kappa shape index (κ1) is 29.6. The molecule has 3 heterocycles. The van der Waals surface area contributed by atoms with E-state index in [1.54, 1.807) is 17.7 Å². The van der Waals surface area contributed by atoms with Crippen LogP contribution in [0, 0.1) is 11.8 Å². The van der Waals surface area contributed by atoms with E-state index in [-0.39, 0.29) is 18.8 Å². The lowest BCUT2D eigenvalue weighted by Gasteiger charge is -2.34. The molecule has 204 valence electrons. The fraction of sp³-hybridized carbons (Fsp3) is 0.444. The molecule has 1 fully saturated rings. The Morgan fingerprint density at radius 1 is 1.24 bits per heavy atom. The van der Waals surface area contributed by atoms with E-state index in [1.165, 1.54) is 12.4 Å². The Hall–Kier alpha value is -1.95. The number of rotatable bonds is 12. The zero-order chi connectivity index (χ0) is 27.4. The molecule has 0 radical (unpaired) electrons. The standard InChI is InChI=1S/C18H25N4O12P3/c1-4-6-12-9-22(18-16(12)17(19)20-11-21-18)15-8-13(30-7-5-2)14(32-15)10-31-36(25,26)34-37(27,28)33-35(23,24)29-3/h5,9,11,13-15H,2,7-8,10H2,1,3H3,(H,23,24)(H,25,26)(H,27,28)(H2,19,20,21)/p-3/t13?,14-,15-/m1/s1. The lowest BCUT2D eigenvalue weighted by molar-refractivity contribution is -0.251. The first-order valence-electron chi connectivity index (χ1n) is 10.3. The van der Waals surface area contributed by atoms with Crippen LogP contribution in [-0.4, -0.2) is 47.1 Å². The van der Waals surface area contributed by atoms with Crippen molar-refractivity contribution in [3.63, 3.8) is 0 Å². The molecule has 2 aromatic rings. The summed E-state index contributed by atoms with van der Waals surface area (Å²) < 4.78 is 63.9. The summed E-state index contributed by atoms with van der Waals surface area (Å²) in [5, 5.41) is 0.499. The fourth-order valence-corrected chi connectivity index (χ4v) is 6.56. The molecule has 6 atom stereocenters. The number of anilines is 1. The third-order valence-corrected chi connectivity index (χ3v) is 8.95. The van der Waals surface area contributed by atoms with Crippen LogP contribution in [0.4, 0.5) is 5.82 Å². The molecule has 37 heavy (non-hydrogen) atoms. The average Bonchev–Trinajstić information content (AvgIpc) is 3.37. The number of hydrogen-bond donors (Lipinski definition) is 1. The molecule has 1 aliphatic rings. The highest BCUT2D eigenvalue weighted by molar-refractivity contribution is 7.65. The molecule has 2 N–H and O–H groups in total. The summed E-state index contributed by atoms with van der Waals surface area (Å²) >= 11 is 0. The molecule has 0 aromatic carbocycles. The zero-order valence-corrected chi connectivity index (χ0v) is 22.1. The average molecular weight is 579 g/mol. The highest BCUT2D eigenvalue weighted by Gasteiger charge is 2.39. The molecular weight excluding hydrogens is 557 g/mol.